The fourth-order valence-electron chi connectivity index (χ4n) is 1.47. The van der Waals surface area contributed by atoms with Gasteiger partial charge in [-0.25, -0.2) is 4.79 Å². The smallest absolute Gasteiger partial charge is 0.327 e. The number of aliphatic hydroxyl groups is 1. The minimum Gasteiger partial charge on any atom is -0.480 e. The van der Waals surface area contributed by atoms with Crippen LogP contribution in [0.2, 0.25) is 0 Å². The molecule has 0 heterocycles. The molecule has 0 rings (SSSR count). The third-order valence-corrected chi connectivity index (χ3v) is 1.83. The highest BCUT2D eigenvalue weighted by Gasteiger charge is 2.23. The van der Waals surface area contributed by atoms with Gasteiger partial charge in [0.25, 0.3) is 0 Å². The van der Waals surface area contributed by atoms with Gasteiger partial charge in [0, 0.05) is 20.0 Å². The van der Waals surface area contributed by atoms with Crippen molar-refractivity contribution in [3.8, 4) is 0 Å². The molecule has 0 aliphatic carbocycles. The summed E-state index contributed by atoms with van der Waals surface area (Å²) in [7, 11) is 1.69. The van der Waals surface area contributed by atoms with Gasteiger partial charge in [-0.05, 0) is 20.9 Å². The zero-order valence-corrected chi connectivity index (χ0v) is 10.1. The number of carbonyl (C=O) groups excluding carboxylic acids is 1. The summed E-state index contributed by atoms with van der Waals surface area (Å²) in [5.41, 5.74) is -0.895. The van der Waals surface area contributed by atoms with Crippen LogP contribution in [-0.2, 0) is 9.59 Å². The standard InChI is InChI=1S/C10H20N2O4/c1-7(13)11-8(9(14)15)5-12(4)6-10(2,3)16/h8,16H,5-6H2,1-4H3,(H,11,13)(H,14,15). The summed E-state index contributed by atoms with van der Waals surface area (Å²) in [6, 6.07) is -0.954. The van der Waals surface area contributed by atoms with Gasteiger partial charge >= 0.3 is 5.97 Å². The number of nitrogens with zero attached hydrogens (tertiary/aromatic N) is 1. The maximum Gasteiger partial charge on any atom is 0.327 e. The van der Waals surface area contributed by atoms with Crippen LogP contribution in [0.3, 0.4) is 0 Å². The van der Waals surface area contributed by atoms with Gasteiger partial charge in [0.1, 0.15) is 6.04 Å². The van der Waals surface area contributed by atoms with Crippen LogP contribution >= 0.6 is 0 Å². The fraction of sp³-hybridized carbons (Fsp3) is 0.800. The molecule has 0 saturated heterocycles. The zero-order valence-electron chi connectivity index (χ0n) is 10.1. The number of hydrogen-bond acceptors (Lipinski definition) is 4. The summed E-state index contributed by atoms with van der Waals surface area (Å²) in [5, 5.41) is 20.7. The molecule has 16 heavy (non-hydrogen) atoms. The first-order chi connectivity index (χ1) is 7.11. The molecule has 0 radical (unpaired) electrons. The van der Waals surface area contributed by atoms with Crippen LogP contribution in [0.1, 0.15) is 20.8 Å². The number of carboxylic acid groups (broad SMARTS) is 1. The molecule has 0 fully saturated rings. The van der Waals surface area contributed by atoms with Crippen LogP contribution in [-0.4, -0.2) is 58.8 Å². The number of amides is 1. The number of aliphatic carboxylic acids is 1. The Morgan fingerprint density at radius 1 is 1.44 bits per heavy atom. The topological polar surface area (TPSA) is 89.9 Å². The van der Waals surface area contributed by atoms with E-state index in [0.717, 1.165) is 0 Å². The van der Waals surface area contributed by atoms with Gasteiger partial charge in [-0.15, -0.1) is 0 Å². The molecule has 0 aromatic carbocycles. The minimum atomic E-state index is -1.09. The molecule has 6 heteroatoms. The summed E-state index contributed by atoms with van der Waals surface area (Å²) >= 11 is 0. The van der Waals surface area contributed by atoms with Crippen LogP contribution < -0.4 is 5.32 Å². The summed E-state index contributed by atoms with van der Waals surface area (Å²) in [6.07, 6.45) is 0. The molecule has 0 aliphatic heterocycles. The highest BCUT2D eigenvalue weighted by molar-refractivity contribution is 5.82. The molecule has 3 N–H and O–H groups in total. The Hall–Kier alpha value is -1.14. The first kappa shape index (κ1) is 14.9. The largest absolute Gasteiger partial charge is 0.480 e. The van der Waals surface area contributed by atoms with Gasteiger partial charge in [0.05, 0.1) is 5.60 Å². The minimum absolute atomic E-state index is 0.152. The number of carbonyl (C=O) groups is 2. The monoisotopic (exact) mass is 232 g/mol. The third-order valence-electron chi connectivity index (χ3n) is 1.83. The van der Waals surface area contributed by atoms with E-state index in [4.69, 9.17) is 5.11 Å². The molecule has 0 bridgehead atoms. The number of carboxylic acids is 1. The SMILES string of the molecule is CC(=O)NC(CN(C)CC(C)(C)O)C(=O)O. The molecule has 6 nitrogen and oxygen atoms in total. The Morgan fingerprint density at radius 3 is 2.25 bits per heavy atom. The van der Waals surface area contributed by atoms with E-state index in [1.54, 1.807) is 25.8 Å². The lowest BCUT2D eigenvalue weighted by Gasteiger charge is -2.27. The molecule has 0 saturated carbocycles. The molecule has 94 valence electrons. The van der Waals surface area contributed by atoms with Crippen LogP contribution in [0.25, 0.3) is 0 Å². The zero-order chi connectivity index (χ0) is 12.9. The van der Waals surface area contributed by atoms with E-state index in [1.807, 2.05) is 0 Å². The highest BCUT2D eigenvalue weighted by Crippen LogP contribution is 2.03. The predicted molar refractivity (Wildman–Crippen MR) is 59.0 cm³/mol. The number of hydrogen-bond donors (Lipinski definition) is 3. The van der Waals surface area contributed by atoms with Crippen molar-refractivity contribution in [3.63, 3.8) is 0 Å². The van der Waals surface area contributed by atoms with Crippen molar-refractivity contribution in [2.75, 3.05) is 20.1 Å². The second kappa shape index (κ2) is 5.81. The summed E-state index contributed by atoms with van der Waals surface area (Å²) in [6.45, 7) is 5.02. The second-order valence-electron chi connectivity index (χ2n) is 4.60. The lowest BCUT2D eigenvalue weighted by Crippen LogP contribution is -2.49. The van der Waals surface area contributed by atoms with E-state index in [1.165, 1.54) is 6.92 Å². The van der Waals surface area contributed by atoms with E-state index in [2.05, 4.69) is 5.32 Å². The maximum atomic E-state index is 10.8. The van der Waals surface area contributed by atoms with E-state index >= 15 is 0 Å². The summed E-state index contributed by atoms with van der Waals surface area (Å²) in [4.78, 5) is 23.3. The lowest BCUT2D eigenvalue weighted by molar-refractivity contribution is -0.142. The molecule has 0 spiro atoms. The van der Waals surface area contributed by atoms with Gasteiger partial charge in [-0.2, -0.15) is 0 Å². The average molecular weight is 232 g/mol. The Labute approximate surface area is 95.2 Å². The van der Waals surface area contributed by atoms with Crippen molar-refractivity contribution in [1.82, 2.24) is 10.2 Å². The Balaban J connectivity index is 4.29. The average Bonchev–Trinajstić information content (AvgIpc) is 1.97. The van der Waals surface area contributed by atoms with Gasteiger partial charge in [0.15, 0.2) is 0 Å². The van der Waals surface area contributed by atoms with Crippen molar-refractivity contribution in [2.45, 2.75) is 32.4 Å². The second-order valence-corrected chi connectivity index (χ2v) is 4.60. The number of likely N-dealkylation sites (N-methyl/N-ethyl adjacent to an activating group) is 1. The van der Waals surface area contributed by atoms with Crippen LogP contribution in [0.4, 0.5) is 0 Å². The molecular formula is C10H20N2O4. The molecule has 1 unspecified atom stereocenters. The van der Waals surface area contributed by atoms with Crippen molar-refractivity contribution < 1.29 is 19.8 Å². The van der Waals surface area contributed by atoms with Crippen molar-refractivity contribution >= 4 is 11.9 Å². The lowest BCUT2D eigenvalue weighted by atomic mass is 10.1. The van der Waals surface area contributed by atoms with Crippen molar-refractivity contribution in [3.05, 3.63) is 0 Å². The summed E-state index contributed by atoms with van der Waals surface area (Å²) < 4.78 is 0. The van der Waals surface area contributed by atoms with Gasteiger partial charge in [-0.3, -0.25) is 4.79 Å². The van der Waals surface area contributed by atoms with Crippen molar-refractivity contribution in [2.24, 2.45) is 0 Å². The fourth-order valence-corrected chi connectivity index (χ4v) is 1.47. The van der Waals surface area contributed by atoms with Gasteiger partial charge in [0.2, 0.25) is 5.91 Å². The third kappa shape index (κ3) is 7.19. The normalized spacial score (nSPS) is 13.6. The van der Waals surface area contributed by atoms with Gasteiger partial charge in [-0.1, -0.05) is 0 Å². The van der Waals surface area contributed by atoms with Gasteiger partial charge < -0.3 is 20.4 Å². The molecule has 1 amide bonds. The van der Waals surface area contributed by atoms with Crippen LogP contribution in [0.15, 0.2) is 0 Å². The Kier molecular flexibility index (Phi) is 5.40. The Morgan fingerprint density at radius 2 is 1.94 bits per heavy atom. The van der Waals surface area contributed by atoms with E-state index in [-0.39, 0.29) is 12.5 Å². The molecule has 1 atom stereocenters. The predicted octanol–water partition coefficient (Wildman–Crippen LogP) is -0.722. The molecular weight excluding hydrogens is 212 g/mol. The number of nitrogens with one attached hydrogen (secondary N) is 1. The van der Waals surface area contributed by atoms with Crippen LogP contribution in [0.5, 0.6) is 0 Å². The first-order valence-corrected chi connectivity index (χ1v) is 5.02. The Bertz CT molecular complexity index is 260. The molecule has 0 aromatic rings. The molecule has 0 aliphatic rings. The summed E-state index contributed by atoms with van der Waals surface area (Å²) in [5.74, 6) is -1.47. The van der Waals surface area contributed by atoms with Crippen molar-refractivity contribution in [1.29, 1.82) is 0 Å². The quantitative estimate of drug-likeness (QED) is 0.562. The maximum absolute atomic E-state index is 10.8. The van der Waals surface area contributed by atoms with E-state index in [9.17, 15) is 14.7 Å². The highest BCUT2D eigenvalue weighted by atomic mass is 16.4. The van der Waals surface area contributed by atoms with E-state index in [0.29, 0.717) is 6.54 Å². The first-order valence-electron chi connectivity index (χ1n) is 5.02. The molecule has 0 aromatic heterocycles. The van der Waals surface area contributed by atoms with E-state index < -0.39 is 17.6 Å². The van der Waals surface area contributed by atoms with Crippen LogP contribution in [0, 0.1) is 0 Å². The number of rotatable bonds is 6.